The van der Waals surface area contributed by atoms with Crippen LogP contribution < -0.4 is 10.6 Å². The highest BCUT2D eigenvalue weighted by Crippen LogP contribution is 2.28. The Labute approximate surface area is 194 Å². The number of nitrogens with one attached hydrogen (secondary N) is 2. The number of ether oxygens (including phenoxy) is 1. The molecule has 0 radical (unpaired) electrons. The van der Waals surface area contributed by atoms with Crippen LogP contribution in [-0.2, 0) is 14.3 Å². The molecule has 1 unspecified atom stereocenters. The Morgan fingerprint density at radius 3 is 2.56 bits per heavy atom. The lowest BCUT2D eigenvalue weighted by molar-refractivity contribution is -0.140. The Kier molecular flexibility index (Phi) is 10.3. The number of hydrogen-bond acceptors (Lipinski definition) is 5. The lowest BCUT2D eigenvalue weighted by Gasteiger charge is -2.34. The molecule has 1 atom stereocenters. The Morgan fingerprint density at radius 2 is 1.94 bits per heavy atom. The second-order valence-electron chi connectivity index (χ2n) is 7.79. The first kappa shape index (κ1) is 25.5. The molecule has 1 saturated carbocycles. The van der Waals surface area contributed by atoms with Crippen LogP contribution >= 0.6 is 11.8 Å². The van der Waals surface area contributed by atoms with Gasteiger partial charge < -0.3 is 20.3 Å². The molecule has 174 valence electrons. The van der Waals surface area contributed by atoms with Crippen LogP contribution in [0, 0.1) is 6.92 Å². The number of methoxy groups -OCH3 is 1. The summed E-state index contributed by atoms with van der Waals surface area (Å²) in [5.41, 5.74) is 1.64. The van der Waals surface area contributed by atoms with Gasteiger partial charge in [0.05, 0.1) is 13.7 Å². The molecular weight excluding hydrogens is 426 g/mol. The van der Waals surface area contributed by atoms with Gasteiger partial charge in [0.2, 0.25) is 11.8 Å². The summed E-state index contributed by atoms with van der Waals surface area (Å²) in [6.07, 6.45) is 4.50. The molecule has 0 saturated heterocycles. The van der Waals surface area contributed by atoms with E-state index in [-0.39, 0.29) is 25.0 Å². The van der Waals surface area contributed by atoms with Gasteiger partial charge in [0.15, 0.2) is 0 Å². The maximum atomic E-state index is 13.6. The van der Waals surface area contributed by atoms with Crippen molar-refractivity contribution in [3.05, 3.63) is 58.9 Å². The molecule has 0 spiro atoms. The normalized spacial score (nSPS) is 14.7. The highest BCUT2D eigenvalue weighted by Gasteiger charge is 2.34. The van der Waals surface area contributed by atoms with Gasteiger partial charge in [-0.1, -0.05) is 56.7 Å². The molecule has 32 heavy (non-hydrogen) atoms. The van der Waals surface area contributed by atoms with Gasteiger partial charge in [0, 0.05) is 10.9 Å². The summed E-state index contributed by atoms with van der Waals surface area (Å²) < 4.78 is 4.58. The second kappa shape index (κ2) is 13.0. The minimum Gasteiger partial charge on any atom is -0.453 e. The molecule has 1 aliphatic rings. The van der Waals surface area contributed by atoms with E-state index in [1.54, 1.807) is 5.41 Å². The van der Waals surface area contributed by atoms with E-state index < -0.39 is 18.0 Å². The zero-order valence-corrected chi connectivity index (χ0v) is 19.7. The second-order valence-corrected chi connectivity index (χ2v) is 8.94. The first-order chi connectivity index (χ1) is 15.4. The van der Waals surface area contributed by atoms with Gasteiger partial charge >= 0.3 is 6.09 Å². The number of nitrogens with zero attached hydrogens (tertiary/aromatic N) is 1. The fourth-order valence-electron chi connectivity index (χ4n) is 3.86. The van der Waals surface area contributed by atoms with Crippen LogP contribution in [0.1, 0.15) is 49.3 Å². The number of benzene rings is 1. The fourth-order valence-corrected chi connectivity index (χ4v) is 4.31. The van der Waals surface area contributed by atoms with E-state index in [1.165, 1.54) is 30.2 Å². The third-order valence-electron chi connectivity index (χ3n) is 5.48. The van der Waals surface area contributed by atoms with E-state index in [1.807, 2.05) is 31.2 Å². The van der Waals surface area contributed by atoms with Crippen LogP contribution in [0.2, 0.25) is 0 Å². The number of alkyl carbamates (subject to hydrolysis) is 1. The molecular formula is C24H33N3O4S. The average Bonchev–Trinajstić information content (AvgIpc) is 2.78. The molecule has 0 aliphatic heterocycles. The third kappa shape index (κ3) is 7.44. The van der Waals surface area contributed by atoms with E-state index in [0.29, 0.717) is 4.91 Å². The van der Waals surface area contributed by atoms with Gasteiger partial charge in [0.1, 0.15) is 12.6 Å². The number of rotatable bonds is 10. The standard InChI is InChI=1S/C24H33N3O4S/c1-5-32-18(3)16-27(21(28)15-25-24(30)31-4)22(20-14-10-9-11-17(20)2)23(29)26-19-12-7-6-8-13-19/h5,9-11,14,19,22H,1,3,6-8,12-13,15-16H2,2,4H3,(H,25,30)(H,26,29). The summed E-state index contributed by atoms with van der Waals surface area (Å²) >= 11 is 1.30. The first-order valence-corrected chi connectivity index (χ1v) is 11.7. The van der Waals surface area contributed by atoms with Gasteiger partial charge in [-0.2, -0.15) is 0 Å². The van der Waals surface area contributed by atoms with Crippen LogP contribution in [0.5, 0.6) is 0 Å². The van der Waals surface area contributed by atoms with E-state index in [2.05, 4.69) is 28.5 Å². The SMILES string of the molecule is C=CSC(=C)CN(C(=O)CNC(=O)OC)C(C(=O)NC1CCCCC1)c1ccccc1C. The Morgan fingerprint density at radius 1 is 1.25 bits per heavy atom. The molecule has 2 N–H and O–H groups in total. The molecule has 7 nitrogen and oxygen atoms in total. The lowest BCUT2D eigenvalue weighted by Crippen LogP contribution is -2.50. The number of hydrogen-bond donors (Lipinski definition) is 2. The summed E-state index contributed by atoms with van der Waals surface area (Å²) in [7, 11) is 1.23. The van der Waals surface area contributed by atoms with Crippen molar-refractivity contribution in [2.24, 2.45) is 0 Å². The average molecular weight is 460 g/mol. The topological polar surface area (TPSA) is 87.7 Å². The Hall–Kier alpha value is -2.74. The van der Waals surface area contributed by atoms with Crippen molar-refractivity contribution in [3.63, 3.8) is 0 Å². The van der Waals surface area contributed by atoms with Crippen molar-refractivity contribution in [3.8, 4) is 0 Å². The van der Waals surface area contributed by atoms with Gasteiger partial charge in [0.25, 0.3) is 0 Å². The Bertz CT molecular complexity index is 836. The van der Waals surface area contributed by atoms with Crippen LogP contribution in [0.3, 0.4) is 0 Å². The van der Waals surface area contributed by atoms with Crippen molar-refractivity contribution in [2.75, 3.05) is 20.2 Å². The zero-order chi connectivity index (χ0) is 23.5. The summed E-state index contributed by atoms with van der Waals surface area (Å²) in [5.74, 6) is -0.637. The van der Waals surface area contributed by atoms with Gasteiger partial charge in [-0.3, -0.25) is 9.59 Å². The molecule has 0 aromatic heterocycles. The largest absolute Gasteiger partial charge is 0.453 e. The first-order valence-electron chi connectivity index (χ1n) is 10.8. The van der Waals surface area contributed by atoms with Crippen molar-refractivity contribution < 1.29 is 19.1 Å². The number of carbonyl (C=O) groups is 3. The maximum absolute atomic E-state index is 13.6. The highest BCUT2D eigenvalue weighted by atomic mass is 32.2. The maximum Gasteiger partial charge on any atom is 0.407 e. The number of aryl methyl sites for hydroxylation is 1. The molecule has 2 rings (SSSR count). The van der Waals surface area contributed by atoms with Crippen LogP contribution in [-0.4, -0.2) is 49.0 Å². The van der Waals surface area contributed by atoms with Gasteiger partial charge in [-0.25, -0.2) is 4.79 Å². The summed E-state index contributed by atoms with van der Waals surface area (Å²) in [4.78, 5) is 40.5. The van der Waals surface area contributed by atoms with Crippen LogP contribution in [0.25, 0.3) is 0 Å². The van der Waals surface area contributed by atoms with Gasteiger partial charge in [-0.05, 0) is 36.3 Å². The minimum atomic E-state index is -0.854. The fraction of sp³-hybridized carbons (Fsp3) is 0.458. The summed E-state index contributed by atoms with van der Waals surface area (Å²) in [6, 6.07) is 6.76. The molecule has 1 aliphatic carbocycles. The number of thioether (sulfide) groups is 1. The molecule has 1 aromatic rings. The predicted octanol–water partition coefficient (Wildman–Crippen LogP) is 4.06. The molecule has 0 bridgehead atoms. The zero-order valence-electron chi connectivity index (χ0n) is 18.9. The van der Waals surface area contributed by atoms with Gasteiger partial charge in [-0.15, -0.1) is 11.8 Å². The summed E-state index contributed by atoms with van der Waals surface area (Å²) in [6.45, 7) is 9.46. The number of carbonyl (C=O) groups excluding carboxylic acids is 3. The molecule has 1 fully saturated rings. The van der Waals surface area contributed by atoms with Crippen molar-refractivity contribution in [1.82, 2.24) is 15.5 Å². The monoisotopic (exact) mass is 459 g/mol. The van der Waals surface area contributed by atoms with Crippen molar-refractivity contribution in [1.29, 1.82) is 0 Å². The van der Waals surface area contributed by atoms with Crippen LogP contribution in [0.15, 0.2) is 47.7 Å². The predicted molar refractivity (Wildman–Crippen MR) is 128 cm³/mol. The lowest BCUT2D eigenvalue weighted by atomic mass is 9.94. The minimum absolute atomic E-state index is 0.0960. The van der Waals surface area contributed by atoms with Crippen LogP contribution in [0.4, 0.5) is 4.79 Å². The molecule has 0 heterocycles. The van der Waals surface area contributed by atoms with E-state index in [9.17, 15) is 14.4 Å². The van der Waals surface area contributed by atoms with E-state index in [0.717, 1.165) is 36.8 Å². The molecule has 1 aromatic carbocycles. The van der Waals surface area contributed by atoms with E-state index in [4.69, 9.17) is 0 Å². The third-order valence-corrected chi connectivity index (χ3v) is 6.11. The summed E-state index contributed by atoms with van der Waals surface area (Å²) in [5, 5.41) is 7.21. The van der Waals surface area contributed by atoms with E-state index >= 15 is 0 Å². The quantitative estimate of drug-likeness (QED) is 0.551. The smallest absolute Gasteiger partial charge is 0.407 e. The molecule has 8 heteroatoms. The Balaban J connectivity index is 2.39. The van der Waals surface area contributed by atoms with Crippen molar-refractivity contribution in [2.45, 2.75) is 51.1 Å². The molecule has 3 amide bonds. The highest BCUT2D eigenvalue weighted by molar-refractivity contribution is 8.05. The van der Waals surface area contributed by atoms with Crippen molar-refractivity contribution >= 4 is 29.7 Å². The number of amides is 3.